The van der Waals surface area contributed by atoms with E-state index in [-0.39, 0.29) is 24.5 Å². The second-order valence-electron chi connectivity index (χ2n) is 4.77. The quantitative estimate of drug-likeness (QED) is 0.873. The molecule has 0 aliphatic carbocycles. The lowest BCUT2D eigenvalue weighted by Gasteiger charge is -2.25. The minimum absolute atomic E-state index is 0.00253. The summed E-state index contributed by atoms with van der Waals surface area (Å²) in [5, 5.41) is 11.7. The fourth-order valence-corrected chi connectivity index (χ4v) is 2.39. The van der Waals surface area contributed by atoms with Crippen LogP contribution in [-0.4, -0.2) is 34.6 Å². The SMILES string of the molecule is CC(NC(=O)N1CCCC1CC(=O)O)c1ccco1. The summed E-state index contributed by atoms with van der Waals surface area (Å²) in [6.07, 6.45) is 3.15. The van der Waals surface area contributed by atoms with E-state index in [0.717, 1.165) is 12.8 Å². The highest BCUT2D eigenvalue weighted by Crippen LogP contribution is 2.21. The van der Waals surface area contributed by atoms with Gasteiger partial charge in [-0.1, -0.05) is 0 Å². The molecule has 1 saturated heterocycles. The van der Waals surface area contributed by atoms with Crippen LogP contribution in [0.3, 0.4) is 0 Å². The van der Waals surface area contributed by atoms with Crippen molar-refractivity contribution in [2.24, 2.45) is 0 Å². The predicted molar refractivity (Wildman–Crippen MR) is 67.6 cm³/mol. The first-order chi connectivity index (χ1) is 9.08. The molecule has 2 amide bonds. The standard InChI is InChI=1S/C13H18N2O4/c1-9(11-5-3-7-19-11)14-13(18)15-6-2-4-10(15)8-12(16)17/h3,5,7,9-10H,2,4,6,8H2,1H3,(H,14,18)(H,16,17). The number of amides is 2. The molecule has 19 heavy (non-hydrogen) atoms. The van der Waals surface area contributed by atoms with Crippen molar-refractivity contribution in [3.05, 3.63) is 24.2 Å². The molecule has 0 radical (unpaired) electrons. The Hall–Kier alpha value is -1.98. The van der Waals surface area contributed by atoms with E-state index in [1.54, 1.807) is 23.3 Å². The van der Waals surface area contributed by atoms with Crippen LogP contribution in [0, 0.1) is 0 Å². The largest absolute Gasteiger partial charge is 0.481 e. The first-order valence-electron chi connectivity index (χ1n) is 6.40. The predicted octanol–water partition coefficient (Wildman–Crippen LogP) is 1.99. The van der Waals surface area contributed by atoms with Crippen LogP contribution in [0.1, 0.15) is 38.0 Å². The first-order valence-corrected chi connectivity index (χ1v) is 6.40. The molecule has 0 aromatic carbocycles. The van der Waals surface area contributed by atoms with Crippen LogP contribution in [0.15, 0.2) is 22.8 Å². The number of carbonyl (C=O) groups excluding carboxylic acids is 1. The van der Waals surface area contributed by atoms with Crippen molar-refractivity contribution in [2.75, 3.05) is 6.54 Å². The molecule has 0 spiro atoms. The zero-order chi connectivity index (χ0) is 13.8. The smallest absolute Gasteiger partial charge is 0.318 e. The third-order valence-corrected chi connectivity index (χ3v) is 3.36. The lowest BCUT2D eigenvalue weighted by Crippen LogP contribution is -2.44. The highest BCUT2D eigenvalue weighted by molar-refractivity contribution is 5.76. The summed E-state index contributed by atoms with van der Waals surface area (Å²) in [4.78, 5) is 24.5. The summed E-state index contributed by atoms with van der Waals surface area (Å²) in [6, 6.07) is 2.90. The number of rotatable bonds is 4. The van der Waals surface area contributed by atoms with Crippen LogP contribution in [0.2, 0.25) is 0 Å². The third-order valence-electron chi connectivity index (χ3n) is 3.36. The number of carboxylic acid groups (broad SMARTS) is 1. The Balaban J connectivity index is 1.93. The normalized spacial score (nSPS) is 20.3. The van der Waals surface area contributed by atoms with Gasteiger partial charge >= 0.3 is 12.0 Å². The van der Waals surface area contributed by atoms with Crippen LogP contribution < -0.4 is 5.32 Å². The van der Waals surface area contributed by atoms with Crippen molar-refractivity contribution in [1.29, 1.82) is 0 Å². The van der Waals surface area contributed by atoms with E-state index >= 15 is 0 Å². The Bertz CT molecular complexity index is 444. The van der Waals surface area contributed by atoms with E-state index in [0.29, 0.717) is 12.3 Å². The van der Waals surface area contributed by atoms with Crippen molar-refractivity contribution in [1.82, 2.24) is 10.2 Å². The molecule has 0 saturated carbocycles. The molecule has 2 heterocycles. The zero-order valence-corrected chi connectivity index (χ0v) is 10.8. The Morgan fingerprint density at radius 1 is 1.63 bits per heavy atom. The molecule has 1 aliphatic heterocycles. The summed E-state index contributed by atoms with van der Waals surface area (Å²) in [5.74, 6) is -0.189. The Labute approximate surface area is 111 Å². The average molecular weight is 266 g/mol. The van der Waals surface area contributed by atoms with Gasteiger partial charge in [0.1, 0.15) is 5.76 Å². The van der Waals surface area contributed by atoms with Gasteiger partial charge < -0.3 is 19.7 Å². The van der Waals surface area contributed by atoms with Gasteiger partial charge in [0.25, 0.3) is 0 Å². The number of urea groups is 1. The maximum absolute atomic E-state index is 12.1. The molecule has 2 unspecified atom stereocenters. The Morgan fingerprint density at radius 3 is 3.05 bits per heavy atom. The average Bonchev–Trinajstić information content (AvgIpc) is 2.97. The van der Waals surface area contributed by atoms with Crippen LogP contribution in [0.4, 0.5) is 4.79 Å². The molecule has 0 bridgehead atoms. The molecule has 2 rings (SSSR count). The van der Waals surface area contributed by atoms with Crippen LogP contribution in [0.5, 0.6) is 0 Å². The fraction of sp³-hybridized carbons (Fsp3) is 0.538. The van der Waals surface area contributed by atoms with Crippen molar-refractivity contribution >= 4 is 12.0 Å². The number of hydrogen-bond acceptors (Lipinski definition) is 3. The van der Waals surface area contributed by atoms with E-state index in [1.807, 2.05) is 6.92 Å². The van der Waals surface area contributed by atoms with E-state index in [9.17, 15) is 9.59 Å². The topological polar surface area (TPSA) is 82.8 Å². The molecule has 1 aromatic heterocycles. The second kappa shape index (κ2) is 5.77. The number of carboxylic acids is 1. The number of carbonyl (C=O) groups is 2. The number of nitrogens with one attached hydrogen (secondary N) is 1. The summed E-state index contributed by atoms with van der Waals surface area (Å²) in [5.41, 5.74) is 0. The second-order valence-corrected chi connectivity index (χ2v) is 4.77. The van der Waals surface area contributed by atoms with Gasteiger partial charge in [-0.2, -0.15) is 0 Å². The maximum Gasteiger partial charge on any atom is 0.318 e. The monoisotopic (exact) mass is 266 g/mol. The van der Waals surface area contributed by atoms with Gasteiger partial charge in [0.2, 0.25) is 0 Å². The molecule has 1 aliphatic rings. The van der Waals surface area contributed by atoms with Gasteiger partial charge in [-0.25, -0.2) is 4.79 Å². The molecule has 1 aromatic rings. The minimum atomic E-state index is -0.871. The zero-order valence-electron chi connectivity index (χ0n) is 10.8. The molecule has 2 atom stereocenters. The molecule has 1 fully saturated rings. The summed E-state index contributed by atoms with van der Waals surface area (Å²) in [6.45, 7) is 2.44. The molecular formula is C13H18N2O4. The number of aliphatic carboxylic acids is 1. The van der Waals surface area contributed by atoms with Gasteiger partial charge in [-0.15, -0.1) is 0 Å². The fourth-order valence-electron chi connectivity index (χ4n) is 2.39. The molecule has 6 nitrogen and oxygen atoms in total. The number of hydrogen-bond donors (Lipinski definition) is 2. The number of furan rings is 1. The highest BCUT2D eigenvalue weighted by atomic mass is 16.4. The van der Waals surface area contributed by atoms with Gasteiger partial charge in [0.05, 0.1) is 18.7 Å². The lowest BCUT2D eigenvalue weighted by atomic mass is 10.1. The van der Waals surface area contributed by atoms with E-state index in [4.69, 9.17) is 9.52 Å². The Morgan fingerprint density at radius 2 is 2.42 bits per heavy atom. The number of likely N-dealkylation sites (tertiary alicyclic amines) is 1. The summed E-state index contributed by atoms with van der Waals surface area (Å²) < 4.78 is 5.22. The van der Waals surface area contributed by atoms with Crippen LogP contribution in [-0.2, 0) is 4.79 Å². The number of nitrogens with zero attached hydrogens (tertiary/aromatic N) is 1. The van der Waals surface area contributed by atoms with Gasteiger partial charge in [-0.05, 0) is 31.9 Å². The first kappa shape index (κ1) is 13.5. The maximum atomic E-state index is 12.1. The molecule has 104 valence electrons. The van der Waals surface area contributed by atoms with Crippen molar-refractivity contribution in [2.45, 2.75) is 38.3 Å². The molecule has 6 heteroatoms. The van der Waals surface area contributed by atoms with E-state index < -0.39 is 5.97 Å². The summed E-state index contributed by atoms with van der Waals surface area (Å²) in [7, 11) is 0. The van der Waals surface area contributed by atoms with Crippen molar-refractivity contribution in [3.63, 3.8) is 0 Å². The lowest BCUT2D eigenvalue weighted by molar-refractivity contribution is -0.137. The Kier molecular flexibility index (Phi) is 4.09. The third kappa shape index (κ3) is 3.27. The van der Waals surface area contributed by atoms with Crippen LogP contribution in [0.25, 0.3) is 0 Å². The van der Waals surface area contributed by atoms with E-state index in [1.165, 1.54) is 0 Å². The van der Waals surface area contributed by atoms with Crippen molar-refractivity contribution < 1.29 is 19.1 Å². The van der Waals surface area contributed by atoms with Crippen LogP contribution >= 0.6 is 0 Å². The highest BCUT2D eigenvalue weighted by Gasteiger charge is 2.31. The van der Waals surface area contributed by atoms with E-state index in [2.05, 4.69) is 5.32 Å². The summed E-state index contributed by atoms with van der Waals surface area (Å²) >= 11 is 0. The van der Waals surface area contributed by atoms with Gasteiger partial charge in [0, 0.05) is 12.6 Å². The van der Waals surface area contributed by atoms with Gasteiger partial charge in [0.15, 0.2) is 0 Å². The minimum Gasteiger partial charge on any atom is -0.481 e. The van der Waals surface area contributed by atoms with Gasteiger partial charge in [-0.3, -0.25) is 4.79 Å². The van der Waals surface area contributed by atoms with Crippen molar-refractivity contribution in [3.8, 4) is 0 Å². The molecular weight excluding hydrogens is 248 g/mol. The molecule has 2 N–H and O–H groups in total.